The number of aldehydes is 1. The molecule has 21 aromatic rings. The fraction of sp³-hybridized carbons (Fsp3) is 0.0522. The molecule has 1 saturated heterocycles. The molecular weight excluding hydrogens is 1780 g/mol. The van der Waals surface area contributed by atoms with Crippen LogP contribution < -0.4 is 11.6 Å². The van der Waals surface area contributed by atoms with Crippen LogP contribution in [0.5, 0.6) is 0 Å². The molecule has 1 unspecified atom stereocenters. The zero-order valence-electron chi connectivity index (χ0n) is 73.7. The lowest BCUT2D eigenvalue weighted by atomic mass is 9.78. The van der Waals surface area contributed by atoms with Gasteiger partial charge in [0.05, 0.1) is 56.9 Å². The number of carboxylic acid groups (broad SMARTS) is 1. The Kier molecular flexibility index (Phi) is 29.2. The molecule has 135 heavy (non-hydrogen) atoms. The third kappa shape index (κ3) is 20.5. The molecule has 20 heteroatoms. The predicted molar refractivity (Wildman–Crippen MR) is 556 cm³/mol. The molecule has 1 aliphatic heterocycles. The van der Waals surface area contributed by atoms with Crippen LogP contribution in [-0.4, -0.2) is 76.5 Å². The van der Waals surface area contributed by atoms with Crippen molar-refractivity contribution in [3.8, 4) is 101 Å². The van der Waals surface area contributed by atoms with E-state index in [4.69, 9.17) is 92.2 Å². The number of carbonyl (C=O) groups excluding carboxylic acids is 3. The van der Waals surface area contributed by atoms with Gasteiger partial charge in [-0.2, -0.15) is 0 Å². The Labute approximate surface area is 806 Å². The van der Waals surface area contributed by atoms with Crippen molar-refractivity contribution in [1.82, 2.24) is 34.9 Å². The second-order valence-corrected chi connectivity index (χ2v) is 34.3. The minimum atomic E-state index is -0.833. The van der Waals surface area contributed by atoms with Crippen LogP contribution in [0.4, 0.5) is 0 Å². The molecule has 662 valence electrons. The van der Waals surface area contributed by atoms with E-state index < -0.39 is 17.5 Å². The summed E-state index contributed by atoms with van der Waals surface area (Å²) in [4.78, 5) is 62.6. The summed E-state index contributed by atoms with van der Waals surface area (Å²) in [7, 11) is -0.389. The summed E-state index contributed by atoms with van der Waals surface area (Å²) in [5.74, 6) is -0.983. The molecule has 14 nitrogen and oxygen atoms in total. The van der Waals surface area contributed by atoms with Crippen LogP contribution in [0.2, 0.25) is 25.1 Å². The maximum Gasteiger partial charge on any atom is 0.494 e. The van der Waals surface area contributed by atoms with Crippen LogP contribution in [0.25, 0.3) is 156 Å². The lowest BCUT2D eigenvalue weighted by molar-refractivity contribution is -0.134. The van der Waals surface area contributed by atoms with Crippen LogP contribution in [0.15, 0.2) is 413 Å². The minimum Gasteiger partial charge on any atom is -0.481 e. The number of ketones is 2. The van der Waals surface area contributed by atoms with Gasteiger partial charge in [-0.3, -0.25) is 28.0 Å². The highest BCUT2D eigenvalue weighted by molar-refractivity contribution is 6.62. The number of aromatic amines is 1. The van der Waals surface area contributed by atoms with Gasteiger partial charge in [-0.25, -0.2) is 15.0 Å². The van der Waals surface area contributed by atoms with Crippen molar-refractivity contribution in [3.63, 3.8) is 0 Å². The maximum absolute atomic E-state index is 11.8. The summed E-state index contributed by atoms with van der Waals surface area (Å²) in [5, 5.41) is 17.5. The highest BCUT2D eigenvalue weighted by atomic mass is 35.5. The Morgan fingerprint density at radius 1 is 0.378 bits per heavy atom. The standard InChI is InChI=1S/C32H27BN2O2.C27H18Cl2N2.C27H17ClN2.C14H10O2.C13H8Cl2O.C2H4O2.H3N/c1-21-32(2,3)37-33(36-21)24-18-19-28-27(20-24)25-16-10-11-17-26(25)31-34-29(22-12-6-4-7-13-22)30(35(28)31)23-14-8-5-9-15-23;28-20-15-16-24(29)23(17-20)21-13-7-8-14-22(21)27-30-25(18-9-3-1-4-10-18)26(31-27)19-11-5-2-6-12-19;28-20-15-16-24-23(17-20)21-13-7-8-14-22(21)27-29-25(18-9-3-1-4-10-18)26(30(24)27)19-11-5-2-6-12-19;15-13(11-7-3-1-4-8-11)14(16)12-9-5-2-6-10-12;14-10-5-6-13(15)12(7-10)11-4-2-1-3-9(11)8-16;1-2(3)4;/h4-21H,1-3H3;1-17H,(H,30,31);1-17H;1-10H;1-8H;1H3,(H,3,4);1H3. The molecule has 0 bridgehead atoms. The van der Waals surface area contributed by atoms with Gasteiger partial charge in [0, 0.05) is 120 Å². The van der Waals surface area contributed by atoms with Crippen molar-refractivity contribution in [1.29, 1.82) is 0 Å². The van der Waals surface area contributed by atoms with Crippen molar-refractivity contribution in [3.05, 3.63) is 454 Å². The molecule has 6 heterocycles. The summed E-state index contributed by atoms with van der Waals surface area (Å²) in [6, 6.07) is 135. The first-order valence-corrected chi connectivity index (χ1v) is 45.2. The smallest absolute Gasteiger partial charge is 0.481 e. The van der Waals surface area contributed by atoms with E-state index in [1.807, 2.05) is 121 Å². The Morgan fingerprint density at radius 3 is 1.16 bits per heavy atom. The number of halogens is 5. The quantitative estimate of drug-likeness (QED) is 0.0307. The number of pyridine rings is 2. The van der Waals surface area contributed by atoms with E-state index in [1.54, 1.807) is 78.9 Å². The van der Waals surface area contributed by atoms with Crippen molar-refractivity contribution < 1.29 is 33.6 Å². The molecule has 5 N–H and O–H groups in total. The largest absolute Gasteiger partial charge is 0.494 e. The maximum atomic E-state index is 11.8. The monoisotopic (exact) mass is 1860 g/mol. The van der Waals surface area contributed by atoms with Gasteiger partial charge in [0.15, 0.2) is 6.29 Å². The summed E-state index contributed by atoms with van der Waals surface area (Å²) in [6.45, 7) is 7.32. The fourth-order valence-electron chi connectivity index (χ4n) is 16.5. The first kappa shape index (κ1) is 93.3. The molecule has 16 aromatic carbocycles. The average molecular weight is 1870 g/mol. The third-order valence-electron chi connectivity index (χ3n) is 23.1. The van der Waals surface area contributed by atoms with E-state index in [-0.39, 0.29) is 25.0 Å². The Hall–Kier alpha value is -15.0. The molecule has 1 fully saturated rings. The molecule has 0 saturated carbocycles. The van der Waals surface area contributed by atoms with Crippen molar-refractivity contribution >= 4 is 149 Å². The number of H-pyrrole nitrogens is 1. The van der Waals surface area contributed by atoms with Crippen LogP contribution in [0.1, 0.15) is 58.8 Å². The Morgan fingerprint density at radius 2 is 0.726 bits per heavy atom. The molecule has 5 aromatic heterocycles. The third-order valence-corrected chi connectivity index (χ3v) is 24.5. The van der Waals surface area contributed by atoms with Crippen molar-refractivity contribution in [2.45, 2.75) is 39.4 Å². The van der Waals surface area contributed by atoms with Gasteiger partial charge >= 0.3 is 7.12 Å². The van der Waals surface area contributed by atoms with E-state index in [0.29, 0.717) is 36.8 Å². The second kappa shape index (κ2) is 42.3. The normalized spacial score (nSPS) is 12.3. The van der Waals surface area contributed by atoms with Gasteiger partial charge in [0.25, 0.3) is 5.97 Å². The predicted octanol–water partition coefficient (Wildman–Crippen LogP) is 30.4. The summed E-state index contributed by atoms with van der Waals surface area (Å²) >= 11 is 31.2. The highest BCUT2D eigenvalue weighted by Gasteiger charge is 2.44. The van der Waals surface area contributed by atoms with Crippen LogP contribution >= 0.6 is 58.0 Å². The summed E-state index contributed by atoms with van der Waals surface area (Å²) in [5.41, 5.74) is 23.3. The van der Waals surface area contributed by atoms with Gasteiger partial charge in [0.2, 0.25) is 11.6 Å². The Bertz CT molecular complexity index is 7750. The first-order valence-electron chi connectivity index (χ1n) is 43.4. The SMILES string of the molecule is CC(=O)O.CC1OB(c2ccc3c(c2)c2ccccc2c2nc(-c4ccccc4)c(-c4ccccc4)n32)OC1(C)C.Clc1ccc(Cl)c(-c2ccccc2-c2nc(-c3ccccc3)c(-c3ccccc3)[nH]2)c1.Clc1ccc2c(c1)c1ccccc1c1nc(-c3ccccc3)c(-c3ccccc3)n21.N.O=C(C(=O)c1ccccc1)c1ccccc1.O=Cc1ccccc1-c1cc(Cl)ccc1Cl. The molecule has 0 spiro atoms. The molecule has 22 rings (SSSR count). The number of aliphatic carboxylic acids is 1. The van der Waals surface area contributed by atoms with Gasteiger partial charge in [-0.1, -0.05) is 410 Å². The van der Waals surface area contributed by atoms with Crippen LogP contribution in [0, 0.1) is 0 Å². The number of imidazole rings is 3. The lowest BCUT2D eigenvalue weighted by Gasteiger charge is -2.21. The summed E-state index contributed by atoms with van der Waals surface area (Å²) < 4.78 is 17.1. The molecule has 0 radical (unpaired) electrons. The average Bonchev–Trinajstić information content (AvgIpc) is 1.58. The van der Waals surface area contributed by atoms with E-state index in [9.17, 15) is 14.4 Å². The number of Topliss-reactive ketones (excluding diaryl/α,β-unsaturated/α-hetero) is 2. The number of nitrogens with one attached hydrogen (secondary N) is 1. The van der Waals surface area contributed by atoms with Crippen LogP contribution in [0.3, 0.4) is 0 Å². The van der Waals surface area contributed by atoms with E-state index in [1.165, 1.54) is 5.39 Å². The highest BCUT2D eigenvalue weighted by Crippen LogP contribution is 2.45. The zero-order valence-corrected chi connectivity index (χ0v) is 77.5. The van der Waals surface area contributed by atoms with Gasteiger partial charge < -0.3 is 25.5 Å². The second-order valence-electron chi connectivity index (χ2n) is 32.2. The number of rotatable bonds is 14. The van der Waals surface area contributed by atoms with Gasteiger partial charge in [-0.15, -0.1) is 0 Å². The lowest BCUT2D eigenvalue weighted by Crippen LogP contribution is -2.34. The molecule has 0 amide bonds. The number of nitrogens with zero attached hydrogens (tertiary/aromatic N) is 5. The number of fused-ring (bicyclic) bond motifs is 12. The van der Waals surface area contributed by atoms with Crippen molar-refractivity contribution in [2.75, 3.05) is 0 Å². The number of carbonyl (C=O) groups is 4. The van der Waals surface area contributed by atoms with Gasteiger partial charge in [-0.05, 0) is 109 Å². The number of carboxylic acids is 1. The Balaban J connectivity index is 0.000000125. The van der Waals surface area contributed by atoms with Crippen LogP contribution in [-0.2, 0) is 14.1 Å². The first-order chi connectivity index (χ1) is 65.3. The zero-order chi connectivity index (χ0) is 92.9. The van der Waals surface area contributed by atoms with E-state index >= 15 is 0 Å². The molecular formula is C115H87BCl5N7O7. The molecule has 1 atom stereocenters. The van der Waals surface area contributed by atoms with Crippen molar-refractivity contribution in [2.24, 2.45) is 0 Å². The topological polar surface area (TPSA) is 205 Å². The summed E-state index contributed by atoms with van der Waals surface area (Å²) in [6.07, 6.45) is 0.825. The van der Waals surface area contributed by atoms with E-state index in [0.717, 1.165) is 174 Å². The fourth-order valence-corrected chi connectivity index (χ4v) is 17.4. The number of benzene rings is 16. The van der Waals surface area contributed by atoms with E-state index in [2.05, 4.69) is 247 Å². The molecule has 1 aliphatic rings. The number of hydrogen-bond donors (Lipinski definition) is 3. The minimum absolute atomic E-state index is 0. The molecule has 0 aliphatic carbocycles. The number of hydrogen-bond acceptors (Lipinski definition) is 10. The number of aromatic nitrogens is 6. The van der Waals surface area contributed by atoms with Gasteiger partial charge in [0.1, 0.15) is 17.1 Å².